The minimum absolute atomic E-state index is 0.258. The van der Waals surface area contributed by atoms with Gasteiger partial charge in [0.25, 0.3) is 0 Å². The molecule has 0 saturated carbocycles. The molecule has 0 spiro atoms. The second-order valence-electron chi connectivity index (χ2n) is 8.27. The molecule has 0 atom stereocenters. The molecule has 0 N–H and O–H groups in total. The summed E-state index contributed by atoms with van der Waals surface area (Å²) in [6.07, 6.45) is 0. The van der Waals surface area contributed by atoms with Gasteiger partial charge in [0.05, 0.1) is 30.4 Å². The fourth-order valence-electron chi connectivity index (χ4n) is 3.53. The van der Waals surface area contributed by atoms with E-state index in [4.69, 9.17) is 14.2 Å². The third-order valence-corrected chi connectivity index (χ3v) is 6.57. The molecule has 4 nitrogen and oxygen atoms in total. The van der Waals surface area contributed by atoms with Gasteiger partial charge in [0.1, 0.15) is 12.4 Å². The van der Waals surface area contributed by atoms with Gasteiger partial charge in [-0.05, 0) is 85.3 Å². The Balaban J connectivity index is 1.81. The Labute approximate surface area is 245 Å². The first kappa shape index (κ1) is 28.0. The summed E-state index contributed by atoms with van der Waals surface area (Å²) < 4.78 is 18.8. The molecule has 6 heteroatoms. The van der Waals surface area contributed by atoms with Crippen molar-refractivity contribution in [2.75, 3.05) is 13.7 Å². The van der Waals surface area contributed by atoms with Gasteiger partial charge in [0.15, 0.2) is 5.75 Å². The molecule has 39 heavy (non-hydrogen) atoms. The number of benzene rings is 4. The number of hydrogen-bond donors (Lipinski definition) is 0. The van der Waals surface area contributed by atoms with E-state index in [0.717, 1.165) is 31.4 Å². The van der Waals surface area contributed by atoms with Crippen LogP contribution in [-0.2, 0) is 11.3 Å². The summed E-state index contributed by atoms with van der Waals surface area (Å²) in [5.41, 5.74) is 4.03. The first-order valence-corrected chi connectivity index (χ1v) is 13.7. The van der Waals surface area contributed by atoms with Crippen molar-refractivity contribution in [3.05, 3.63) is 127 Å². The molecule has 0 aliphatic heterocycles. The molecular weight excluding hydrogens is 620 g/mol. The molecule has 0 unspecified atom stereocenters. The zero-order valence-corrected chi connectivity index (χ0v) is 24.6. The molecule has 0 heterocycles. The van der Waals surface area contributed by atoms with Crippen molar-refractivity contribution < 1.29 is 19.0 Å². The fourth-order valence-corrected chi connectivity index (χ4v) is 4.05. The number of rotatable bonds is 6. The molecule has 4 rings (SSSR count). The van der Waals surface area contributed by atoms with Crippen molar-refractivity contribution in [3.8, 4) is 35.2 Å². The van der Waals surface area contributed by atoms with Crippen molar-refractivity contribution in [1.82, 2.24) is 0 Å². The van der Waals surface area contributed by atoms with Crippen LogP contribution in [0.1, 0.15) is 45.1 Å². The summed E-state index contributed by atoms with van der Waals surface area (Å²) in [7, 11) is 1.63. The number of carbonyl (C=O) groups is 1. The maximum atomic E-state index is 12.7. The smallest absolute Gasteiger partial charge is 0.338 e. The lowest BCUT2D eigenvalue weighted by molar-refractivity contribution is 0.0526. The van der Waals surface area contributed by atoms with E-state index < -0.39 is 5.97 Å². The Hall–Kier alpha value is -3.97. The lowest BCUT2D eigenvalue weighted by Gasteiger charge is -2.13. The monoisotopic (exact) mass is 642 g/mol. The zero-order valence-electron chi connectivity index (χ0n) is 21.4. The Morgan fingerprint density at radius 1 is 0.744 bits per heavy atom. The van der Waals surface area contributed by atoms with Gasteiger partial charge >= 0.3 is 5.97 Å². The average molecular weight is 644 g/mol. The van der Waals surface area contributed by atoms with Crippen molar-refractivity contribution in [2.45, 2.75) is 13.5 Å². The van der Waals surface area contributed by atoms with Crippen molar-refractivity contribution in [1.29, 1.82) is 0 Å². The van der Waals surface area contributed by atoms with E-state index in [0.29, 0.717) is 22.4 Å². The Morgan fingerprint density at radius 3 is 1.72 bits per heavy atom. The van der Waals surface area contributed by atoms with Crippen molar-refractivity contribution >= 4 is 37.8 Å². The molecule has 0 radical (unpaired) electrons. The molecule has 0 amide bonds. The predicted molar refractivity (Wildman–Crippen MR) is 160 cm³/mol. The van der Waals surface area contributed by atoms with Gasteiger partial charge < -0.3 is 14.2 Å². The molecular formula is C33H24Br2O4. The summed E-state index contributed by atoms with van der Waals surface area (Å²) >= 11 is 6.90. The van der Waals surface area contributed by atoms with Crippen LogP contribution in [0.15, 0.2) is 93.9 Å². The quantitative estimate of drug-likeness (QED) is 0.159. The maximum absolute atomic E-state index is 12.7. The summed E-state index contributed by atoms with van der Waals surface area (Å²) in [5, 5.41) is 0. The van der Waals surface area contributed by atoms with Gasteiger partial charge in [0.2, 0.25) is 0 Å². The van der Waals surface area contributed by atoms with E-state index in [2.05, 4.69) is 55.5 Å². The Kier molecular flexibility index (Phi) is 9.86. The fraction of sp³-hybridized carbons (Fsp3) is 0.121. The second-order valence-corrected chi connectivity index (χ2v) is 10.1. The third-order valence-electron chi connectivity index (χ3n) is 5.51. The number of halogens is 2. The molecule has 194 valence electrons. The zero-order chi connectivity index (χ0) is 27.6. The van der Waals surface area contributed by atoms with Crippen LogP contribution in [0, 0.1) is 23.7 Å². The molecule has 4 aromatic carbocycles. The minimum atomic E-state index is -0.447. The first-order chi connectivity index (χ1) is 18.9. The average Bonchev–Trinajstić information content (AvgIpc) is 2.96. The second kappa shape index (κ2) is 13.7. The largest absolute Gasteiger partial charge is 0.497 e. The van der Waals surface area contributed by atoms with Crippen LogP contribution in [0.25, 0.3) is 0 Å². The van der Waals surface area contributed by atoms with E-state index in [1.807, 2.05) is 72.8 Å². The van der Waals surface area contributed by atoms with Crippen molar-refractivity contribution in [2.24, 2.45) is 0 Å². The van der Waals surface area contributed by atoms with Gasteiger partial charge in [-0.2, -0.15) is 0 Å². The molecule has 4 aromatic rings. The molecule has 0 fully saturated rings. The van der Waals surface area contributed by atoms with E-state index in [1.54, 1.807) is 26.2 Å². The number of methoxy groups -OCH3 is 1. The SMILES string of the molecule is CCOC(=O)c1cc(C#Cc2ccc(Br)cc2)c(OCc2ccc(OC)cc2)c(C#Cc2ccc(Br)cc2)c1. The number of ether oxygens (including phenoxy) is 3. The minimum Gasteiger partial charge on any atom is -0.497 e. The van der Waals surface area contributed by atoms with Crippen LogP contribution in [0.5, 0.6) is 11.5 Å². The van der Waals surface area contributed by atoms with Crippen LogP contribution < -0.4 is 9.47 Å². The lowest BCUT2D eigenvalue weighted by atomic mass is 10.0. The summed E-state index contributed by atoms with van der Waals surface area (Å²) in [6.45, 7) is 2.31. The molecule has 0 saturated heterocycles. The van der Waals surface area contributed by atoms with E-state index in [-0.39, 0.29) is 13.2 Å². The molecule has 0 aliphatic rings. The van der Waals surface area contributed by atoms with Gasteiger partial charge in [-0.3, -0.25) is 0 Å². The highest BCUT2D eigenvalue weighted by Crippen LogP contribution is 2.28. The summed E-state index contributed by atoms with van der Waals surface area (Å²) in [5.74, 6) is 13.5. The number of esters is 1. The predicted octanol–water partition coefficient (Wildman–Crippen LogP) is 7.78. The molecule has 0 aliphatic carbocycles. The van der Waals surface area contributed by atoms with Crippen LogP contribution in [0.4, 0.5) is 0 Å². The number of carbonyl (C=O) groups excluding carboxylic acids is 1. The Bertz CT molecular complexity index is 1480. The van der Waals surface area contributed by atoms with E-state index in [1.165, 1.54) is 0 Å². The van der Waals surface area contributed by atoms with Gasteiger partial charge in [0, 0.05) is 20.1 Å². The van der Waals surface area contributed by atoms with Gasteiger partial charge in [-0.1, -0.05) is 67.7 Å². The first-order valence-electron chi connectivity index (χ1n) is 12.1. The van der Waals surface area contributed by atoms with Crippen LogP contribution >= 0.6 is 31.9 Å². The van der Waals surface area contributed by atoms with Crippen LogP contribution in [0.3, 0.4) is 0 Å². The van der Waals surface area contributed by atoms with Crippen LogP contribution in [0.2, 0.25) is 0 Å². The van der Waals surface area contributed by atoms with E-state index >= 15 is 0 Å². The van der Waals surface area contributed by atoms with Gasteiger partial charge in [-0.25, -0.2) is 4.79 Å². The topological polar surface area (TPSA) is 44.8 Å². The lowest BCUT2D eigenvalue weighted by Crippen LogP contribution is -2.07. The van der Waals surface area contributed by atoms with E-state index in [9.17, 15) is 4.79 Å². The third kappa shape index (κ3) is 8.01. The normalized spacial score (nSPS) is 9.95. The summed E-state index contributed by atoms with van der Waals surface area (Å²) in [4.78, 5) is 12.7. The molecule has 0 bridgehead atoms. The standard InChI is InChI=1S/C33H24Br2O4/c1-3-38-33(36)28-20-26(12-4-23-6-14-29(34)15-7-23)32(39-22-25-10-18-31(37-2)19-11-25)27(21-28)13-5-24-8-16-30(35)17-9-24/h6-11,14-21H,3,22H2,1-2H3. The highest BCUT2D eigenvalue weighted by Gasteiger charge is 2.16. The number of hydrogen-bond acceptors (Lipinski definition) is 4. The van der Waals surface area contributed by atoms with Crippen LogP contribution in [-0.4, -0.2) is 19.7 Å². The summed E-state index contributed by atoms with van der Waals surface area (Å²) in [6, 6.07) is 26.4. The van der Waals surface area contributed by atoms with Crippen molar-refractivity contribution in [3.63, 3.8) is 0 Å². The van der Waals surface area contributed by atoms with Gasteiger partial charge in [-0.15, -0.1) is 0 Å². The Morgan fingerprint density at radius 2 is 1.26 bits per heavy atom. The molecule has 0 aromatic heterocycles. The highest BCUT2D eigenvalue weighted by atomic mass is 79.9. The maximum Gasteiger partial charge on any atom is 0.338 e. The highest BCUT2D eigenvalue weighted by molar-refractivity contribution is 9.10.